The summed E-state index contributed by atoms with van der Waals surface area (Å²) in [4.78, 5) is 0. The van der Waals surface area contributed by atoms with Crippen molar-refractivity contribution in [3.63, 3.8) is 0 Å². The molecule has 0 aromatic heterocycles. The molecule has 0 spiro atoms. The van der Waals surface area contributed by atoms with Gasteiger partial charge in [0, 0.05) is 10.8 Å². The van der Waals surface area contributed by atoms with E-state index >= 15 is 0 Å². The minimum Gasteiger partial charge on any atom is -0.363 e. The molecular formula is C12H14O. The molecule has 2 unspecified atom stereocenters. The Morgan fingerprint density at radius 1 is 0.846 bits per heavy atom. The number of hydrogen-bond acceptors (Lipinski definition) is 1. The van der Waals surface area contributed by atoms with Crippen molar-refractivity contribution < 1.29 is 4.74 Å². The summed E-state index contributed by atoms with van der Waals surface area (Å²) in [5.74, 6) is 0. The van der Waals surface area contributed by atoms with Crippen LogP contribution in [-0.2, 0) is 4.74 Å². The van der Waals surface area contributed by atoms with Crippen molar-refractivity contribution in [1.29, 1.82) is 0 Å². The number of hydrogen-bond donors (Lipinski definition) is 0. The first-order valence-corrected chi connectivity index (χ1v) is 5.14. The van der Waals surface area contributed by atoms with Crippen LogP contribution in [0.4, 0.5) is 0 Å². The molecule has 1 heterocycles. The van der Waals surface area contributed by atoms with Gasteiger partial charge in [-0.25, -0.2) is 0 Å². The molecular weight excluding hydrogens is 160 g/mol. The molecule has 0 radical (unpaired) electrons. The third kappa shape index (κ3) is 0.453. The minimum atomic E-state index is 0.173. The van der Waals surface area contributed by atoms with Crippen molar-refractivity contribution in [2.24, 2.45) is 10.8 Å². The average Bonchev–Trinajstić information content (AvgIpc) is 2.55. The van der Waals surface area contributed by atoms with Crippen LogP contribution in [0.3, 0.4) is 0 Å². The monoisotopic (exact) mass is 174 g/mol. The van der Waals surface area contributed by atoms with Crippen LogP contribution < -0.4 is 0 Å². The largest absolute Gasteiger partial charge is 0.363 e. The topological polar surface area (TPSA) is 12.5 Å². The summed E-state index contributed by atoms with van der Waals surface area (Å²) in [5.41, 5.74) is 1.15. The normalized spacial score (nSPS) is 70.0. The van der Waals surface area contributed by atoms with Crippen LogP contribution >= 0.6 is 0 Å². The second-order valence-corrected chi connectivity index (χ2v) is 5.66. The van der Waals surface area contributed by atoms with Gasteiger partial charge in [0.05, 0.1) is 11.2 Å². The molecule has 1 heteroatoms. The summed E-state index contributed by atoms with van der Waals surface area (Å²) in [6, 6.07) is 0. The van der Waals surface area contributed by atoms with Crippen LogP contribution in [0.1, 0.15) is 26.7 Å². The molecule has 0 N–H and O–H groups in total. The van der Waals surface area contributed by atoms with Gasteiger partial charge in [-0.1, -0.05) is 24.3 Å². The van der Waals surface area contributed by atoms with E-state index in [0.717, 1.165) is 0 Å². The van der Waals surface area contributed by atoms with E-state index in [1.165, 1.54) is 12.8 Å². The molecule has 1 aliphatic heterocycles. The highest BCUT2D eigenvalue weighted by molar-refractivity contribution is 5.51. The zero-order valence-electron chi connectivity index (χ0n) is 8.13. The lowest BCUT2D eigenvalue weighted by molar-refractivity contribution is 0.0817. The van der Waals surface area contributed by atoms with E-state index in [2.05, 4.69) is 38.2 Å². The molecule has 4 aliphatic rings. The smallest absolute Gasteiger partial charge is 0.0961 e. The molecule has 0 bridgehead atoms. The number of fused-ring (bicyclic) bond motifs is 1. The summed E-state index contributed by atoms with van der Waals surface area (Å²) in [7, 11) is 0. The van der Waals surface area contributed by atoms with Gasteiger partial charge in [-0.2, -0.15) is 0 Å². The Kier molecular flexibility index (Phi) is 0.707. The Balaban J connectivity index is 1.87. The number of epoxide rings is 1. The van der Waals surface area contributed by atoms with Crippen LogP contribution in [0.15, 0.2) is 24.3 Å². The lowest BCUT2D eigenvalue weighted by Crippen LogP contribution is -2.57. The van der Waals surface area contributed by atoms with E-state index in [0.29, 0.717) is 10.8 Å². The number of rotatable bonds is 0. The SMILES string of the molecule is CC12CC34C=CC3(C=C4)CC1(C)O2. The quantitative estimate of drug-likeness (QED) is 0.406. The first-order chi connectivity index (χ1) is 6.04. The molecule has 68 valence electrons. The molecule has 1 saturated heterocycles. The van der Waals surface area contributed by atoms with Gasteiger partial charge in [0.1, 0.15) is 0 Å². The van der Waals surface area contributed by atoms with Gasteiger partial charge in [0.15, 0.2) is 0 Å². The van der Waals surface area contributed by atoms with Crippen molar-refractivity contribution in [2.75, 3.05) is 0 Å². The summed E-state index contributed by atoms with van der Waals surface area (Å²) < 4.78 is 5.92. The van der Waals surface area contributed by atoms with Crippen molar-refractivity contribution in [1.82, 2.24) is 0 Å². The lowest BCUT2D eigenvalue weighted by atomic mass is 9.40. The Labute approximate surface area is 78.5 Å². The van der Waals surface area contributed by atoms with E-state index in [4.69, 9.17) is 4.74 Å². The average molecular weight is 174 g/mol. The highest BCUT2D eigenvalue weighted by atomic mass is 16.6. The van der Waals surface area contributed by atoms with E-state index < -0.39 is 0 Å². The standard InChI is InChI=1S/C12H14O/c1-9-7-11-3-5-12(11,6-4-11)8-10(9,2)13-9/h3-6H,7-8H2,1-2H3. The first kappa shape index (κ1) is 6.83. The predicted octanol–water partition coefficient (Wildman–Crippen LogP) is 2.44. The molecule has 1 saturated carbocycles. The first-order valence-electron chi connectivity index (χ1n) is 5.14. The highest BCUT2D eigenvalue weighted by Crippen LogP contribution is 2.76. The maximum atomic E-state index is 5.92. The molecule has 2 fully saturated rings. The fourth-order valence-corrected chi connectivity index (χ4v) is 3.73. The fraction of sp³-hybridized carbons (Fsp3) is 0.667. The van der Waals surface area contributed by atoms with Crippen molar-refractivity contribution in [2.45, 2.75) is 37.9 Å². The third-order valence-corrected chi connectivity index (χ3v) is 5.01. The summed E-state index contributed by atoms with van der Waals surface area (Å²) in [5, 5.41) is 0. The van der Waals surface area contributed by atoms with Gasteiger partial charge in [0.25, 0.3) is 0 Å². The maximum Gasteiger partial charge on any atom is 0.0961 e. The zero-order chi connectivity index (χ0) is 8.95. The molecule has 4 rings (SSSR count). The van der Waals surface area contributed by atoms with E-state index in [1.54, 1.807) is 0 Å². The fourth-order valence-electron chi connectivity index (χ4n) is 3.73. The molecule has 3 aliphatic carbocycles. The number of ether oxygens (including phenoxy) is 1. The molecule has 2 atom stereocenters. The molecule has 0 aromatic carbocycles. The maximum absolute atomic E-state index is 5.92. The third-order valence-electron chi connectivity index (χ3n) is 5.01. The van der Waals surface area contributed by atoms with Crippen LogP contribution in [-0.4, -0.2) is 11.2 Å². The van der Waals surface area contributed by atoms with Gasteiger partial charge in [-0.15, -0.1) is 0 Å². The summed E-state index contributed by atoms with van der Waals surface area (Å²) >= 11 is 0. The van der Waals surface area contributed by atoms with Gasteiger partial charge in [0.2, 0.25) is 0 Å². The van der Waals surface area contributed by atoms with Crippen molar-refractivity contribution in [3.8, 4) is 0 Å². The van der Waals surface area contributed by atoms with Gasteiger partial charge in [-0.05, 0) is 26.7 Å². The van der Waals surface area contributed by atoms with Crippen molar-refractivity contribution in [3.05, 3.63) is 24.3 Å². The Bertz CT molecular complexity index is 331. The second kappa shape index (κ2) is 1.35. The summed E-state index contributed by atoms with van der Waals surface area (Å²) in [6.45, 7) is 4.54. The Hall–Kier alpha value is -0.560. The van der Waals surface area contributed by atoms with Crippen LogP contribution in [0.25, 0.3) is 0 Å². The Morgan fingerprint density at radius 2 is 1.23 bits per heavy atom. The van der Waals surface area contributed by atoms with Gasteiger partial charge >= 0.3 is 0 Å². The molecule has 1 nitrogen and oxygen atoms in total. The minimum absolute atomic E-state index is 0.173. The Morgan fingerprint density at radius 3 is 1.54 bits per heavy atom. The predicted molar refractivity (Wildman–Crippen MR) is 50.3 cm³/mol. The zero-order valence-corrected chi connectivity index (χ0v) is 8.13. The number of allylic oxidation sites excluding steroid dienone is 4. The highest BCUT2D eigenvalue weighted by Gasteiger charge is 2.77. The molecule has 0 amide bonds. The van der Waals surface area contributed by atoms with Gasteiger partial charge in [-0.3, -0.25) is 0 Å². The van der Waals surface area contributed by atoms with E-state index in [1.807, 2.05) is 0 Å². The van der Waals surface area contributed by atoms with Crippen molar-refractivity contribution >= 4 is 0 Å². The van der Waals surface area contributed by atoms with Crippen LogP contribution in [0.5, 0.6) is 0 Å². The van der Waals surface area contributed by atoms with Crippen LogP contribution in [0, 0.1) is 10.8 Å². The van der Waals surface area contributed by atoms with Crippen LogP contribution in [0.2, 0.25) is 0 Å². The molecule has 13 heavy (non-hydrogen) atoms. The van der Waals surface area contributed by atoms with E-state index in [9.17, 15) is 0 Å². The second-order valence-electron chi connectivity index (χ2n) is 5.66. The summed E-state index contributed by atoms with van der Waals surface area (Å²) in [6.07, 6.45) is 11.9. The molecule has 0 aromatic rings. The lowest BCUT2D eigenvalue weighted by Gasteiger charge is -2.61. The van der Waals surface area contributed by atoms with Gasteiger partial charge < -0.3 is 4.74 Å². The van der Waals surface area contributed by atoms with E-state index in [-0.39, 0.29) is 11.2 Å².